The van der Waals surface area contributed by atoms with Crippen LogP contribution in [0.2, 0.25) is 0 Å². The Bertz CT molecular complexity index is 321. The highest BCUT2D eigenvalue weighted by Gasteiger charge is 2.28. The van der Waals surface area contributed by atoms with Crippen LogP contribution in [0.1, 0.15) is 0 Å². The Hall–Kier alpha value is -2.18. The number of amides is 4. The number of rotatable bonds is 1. The normalized spacial score (nSPS) is 16.3. The number of carboxylic acids is 1. The minimum Gasteiger partial charge on any atom is -0.478 e. The summed E-state index contributed by atoms with van der Waals surface area (Å²) in [6.07, 6.45) is 0.428. The van der Waals surface area contributed by atoms with Crippen LogP contribution in [0, 0.1) is 0 Å². The van der Waals surface area contributed by atoms with Crippen molar-refractivity contribution in [3.63, 3.8) is 0 Å². The first-order valence-corrected chi connectivity index (χ1v) is 3.12. The zero-order chi connectivity index (χ0) is 10.0. The lowest BCUT2D eigenvalue weighted by Gasteiger charge is -2.12. The maximum atomic E-state index is 10.8. The molecule has 0 aromatic heterocycles. The van der Waals surface area contributed by atoms with Gasteiger partial charge < -0.3 is 5.11 Å². The summed E-state index contributed by atoms with van der Waals surface area (Å²) in [5, 5.41) is 11.7. The van der Waals surface area contributed by atoms with E-state index >= 15 is 0 Å². The van der Waals surface area contributed by atoms with Crippen LogP contribution in [0.5, 0.6) is 0 Å². The molecule has 0 bridgehead atoms. The molecule has 1 aliphatic heterocycles. The van der Waals surface area contributed by atoms with Crippen LogP contribution in [-0.4, -0.2) is 28.9 Å². The predicted octanol–water partition coefficient (Wildman–Crippen LogP) is -1.64. The number of carbonyl (C=O) groups is 4. The van der Waals surface area contributed by atoms with Crippen molar-refractivity contribution in [3.05, 3.63) is 11.6 Å². The van der Waals surface area contributed by atoms with Gasteiger partial charge in [-0.05, 0) is 0 Å². The van der Waals surface area contributed by atoms with Gasteiger partial charge in [-0.15, -0.1) is 0 Å². The minimum absolute atomic E-state index is 0.428. The molecule has 1 fully saturated rings. The smallest absolute Gasteiger partial charge is 0.329 e. The van der Waals surface area contributed by atoms with Crippen molar-refractivity contribution in [2.75, 3.05) is 0 Å². The standard InChI is InChI=1S/C6H4N2O5/c9-3(10)1-2-4(11)7-6(13)8-5(2)12/h1H,(H,9,10)(H2,7,8,11,12,13). The van der Waals surface area contributed by atoms with Gasteiger partial charge in [0.2, 0.25) is 0 Å². The zero-order valence-corrected chi connectivity index (χ0v) is 6.16. The van der Waals surface area contributed by atoms with E-state index in [0.29, 0.717) is 6.08 Å². The van der Waals surface area contributed by atoms with Crippen LogP contribution in [0.4, 0.5) is 4.79 Å². The third-order valence-electron chi connectivity index (χ3n) is 1.21. The molecule has 0 unspecified atom stereocenters. The molecule has 0 radical (unpaired) electrons. The monoisotopic (exact) mass is 184 g/mol. The lowest BCUT2D eigenvalue weighted by Crippen LogP contribution is -2.51. The Morgan fingerprint density at radius 3 is 2.00 bits per heavy atom. The largest absolute Gasteiger partial charge is 0.478 e. The highest BCUT2D eigenvalue weighted by molar-refractivity contribution is 6.30. The first kappa shape index (κ1) is 8.91. The molecule has 0 saturated carbocycles. The van der Waals surface area contributed by atoms with E-state index < -0.39 is 29.4 Å². The fourth-order valence-electron chi connectivity index (χ4n) is 0.730. The molecular weight excluding hydrogens is 180 g/mol. The Morgan fingerprint density at radius 1 is 1.15 bits per heavy atom. The van der Waals surface area contributed by atoms with Crippen LogP contribution in [-0.2, 0) is 14.4 Å². The first-order chi connectivity index (χ1) is 6.00. The number of imide groups is 2. The number of hydrogen-bond acceptors (Lipinski definition) is 4. The molecule has 0 aromatic carbocycles. The molecule has 0 spiro atoms. The van der Waals surface area contributed by atoms with E-state index in [2.05, 4.69) is 0 Å². The van der Waals surface area contributed by atoms with Crippen LogP contribution in [0.15, 0.2) is 11.6 Å². The zero-order valence-electron chi connectivity index (χ0n) is 6.16. The van der Waals surface area contributed by atoms with Crippen molar-refractivity contribution in [3.8, 4) is 0 Å². The van der Waals surface area contributed by atoms with Gasteiger partial charge in [0.15, 0.2) is 0 Å². The van der Waals surface area contributed by atoms with E-state index in [0.717, 1.165) is 0 Å². The summed E-state index contributed by atoms with van der Waals surface area (Å²) in [7, 11) is 0. The third kappa shape index (κ3) is 1.89. The van der Waals surface area contributed by atoms with Crippen molar-refractivity contribution in [2.24, 2.45) is 0 Å². The van der Waals surface area contributed by atoms with Crippen molar-refractivity contribution >= 4 is 23.8 Å². The fraction of sp³-hybridized carbons (Fsp3) is 0. The van der Waals surface area contributed by atoms with Crippen LogP contribution in [0.3, 0.4) is 0 Å². The van der Waals surface area contributed by atoms with Gasteiger partial charge in [-0.2, -0.15) is 0 Å². The van der Waals surface area contributed by atoms with Crippen LogP contribution < -0.4 is 10.6 Å². The van der Waals surface area contributed by atoms with E-state index in [1.54, 1.807) is 10.6 Å². The van der Waals surface area contributed by atoms with E-state index in [1.807, 2.05) is 0 Å². The van der Waals surface area contributed by atoms with Gasteiger partial charge in [-0.1, -0.05) is 0 Å². The highest BCUT2D eigenvalue weighted by Crippen LogP contribution is 1.99. The summed E-state index contributed by atoms with van der Waals surface area (Å²) in [4.78, 5) is 42.2. The predicted molar refractivity (Wildman–Crippen MR) is 37.4 cm³/mol. The lowest BCUT2D eigenvalue weighted by atomic mass is 10.2. The second-order valence-corrected chi connectivity index (χ2v) is 2.13. The number of barbiturate groups is 1. The van der Waals surface area contributed by atoms with Gasteiger partial charge in [0, 0.05) is 6.08 Å². The van der Waals surface area contributed by atoms with E-state index in [9.17, 15) is 19.2 Å². The lowest BCUT2D eigenvalue weighted by molar-refractivity contribution is -0.133. The number of nitrogens with one attached hydrogen (secondary N) is 2. The second-order valence-electron chi connectivity index (χ2n) is 2.13. The van der Waals surface area contributed by atoms with Crippen molar-refractivity contribution < 1.29 is 24.3 Å². The minimum atomic E-state index is -1.44. The molecule has 1 aliphatic rings. The Labute approximate surface area is 71.4 Å². The molecule has 3 N–H and O–H groups in total. The molecule has 1 saturated heterocycles. The average Bonchev–Trinajstić information content (AvgIpc) is 1.96. The molecule has 7 nitrogen and oxygen atoms in total. The molecule has 0 aliphatic carbocycles. The Kier molecular flexibility index (Phi) is 2.09. The van der Waals surface area contributed by atoms with E-state index in [1.165, 1.54) is 0 Å². The summed E-state index contributed by atoms with van der Waals surface area (Å²) in [5.74, 6) is -3.47. The number of hydrogen-bond donors (Lipinski definition) is 3. The van der Waals surface area contributed by atoms with Gasteiger partial charge in [0.25, 0.3) is 11.8 Å². The highest BCUT2D eigenvalue weighted by atomic mass is 16.4. The van der Waals surface area contributed by atoms with Gasteiger partial charge in [-0.3, -0.25) is 20.2 Å². The molecular formula is C6H4N2O5. The number of carboxylic acid groups (broad SMARTS) is 1. The number of carbonyl (C=O) groups excluding carboxylic acids is 3. The molecule has 0 aromatic rings. The summed E-state index contributed by atoms with van der Waals surface area (Å²) < 4.78 is 0. The average molecular weight is 184 g/mol. The van der Waals surface area contributed by atoms with Crippen LogP contribution in [0.25, 0.3) is 0 Å². The van der Waals surface area contributed by atoms with Crippen molar-refractivity contribution in [1.82, 2.24) is 10.6 Å². The summed E-state index contributed by atoms with van der Waals surface area (Å²) >= 11 is 0. The fourth-order valence-corrected chi connectivity index (χ4v) is 0.730. The molecule has 4 amide bonds. The number of aliphatic carboxylic acids is 1. The second kappa shape index (κ2) is 3.05. The third-order valence-corrected chi connectivity index (χ3v) is 1.21. The first-order valence-electron chi connectivity index (χ1n) is 3.12. The van der Waals surface area contributed by atoms with E-state index in [-0.39, 0.29) is 0 Å². The molecule has 68 valence electrons. The van der Waals surface area contributed by atoms with Gasteiger partial charge in [0.05, 0.1) is 0 Å². The molecule has 1 heterocycles. The molecule has 7 heteroatoms. The van der Waals surface area contributed by atoms with Crippen LogP contribution >= 0.6 is 0 Å². The SMILES string of the molecule is O=C(O)C=C1C(=O)NC(=O)NC1=O. The maximum Gasteiger partial charge on any atom is 0.329 e. The van der Waals surface area contributed by atoms with Gasteiger partial charge in [-0.25, -0.2) is 9.59 Å². The topological polar surface area (TPSA) is 113 Å². The van der Waals surface area contributed by atoms with Crippen molar-refractivity contribution in [1.29, 1.82) is 0 Å². The Morgan fingerprint density at radius 2 is 1.62 bits per heavy atom. The molecule has 13 heavy (non-hydrogen) atoms. The summed E-state index contributed by atoms with van der Waals surface area (Å²) in [6.45, 7) is 0. The summed E-state index contributed by atoms with van der Waals surface area (Å²) in [5.41, 5.74) is -0.605. The Balaban J connectivity index is 2.98. The maximum absolute atomic E-state index is 10.8. The van der Waals surface area contributed by atoms with Gasteiger partial charge >= 0.3 is 12.0 Å². The molecule has 1 rings (SSSR count). The quantitative estimate of drug-likeness (QED) is 0.334. The van der Waals surface area contributed by atoms with Crippen molar-refractivity contribution in [2.45, 2.75) is 0 Å². The number of urea groups is 1. The van der Waals surface area contributed by atoms with Gasteiger partial charge in [0.1, 0.15) is 5.57 Å². The van der Waals surface area contributed by atoms with E-state index in [4.69, 9.17) is 5.11 Å². The molecule has 0 atom stereocenters. The summed E-state index contributed by atoms with van der Waals surface area (Å²) in [6, 6.07) is -0.961.